The fraction of sp³-hybridized carbons (Fsp3) is 0.385. The molecule has 84 valence electrons. The van der Waals surface area contributed by atoms with Crippen LogP contribution in [0.2, 0.25) is 0 Å². The minimum atomic E-state index is -0.398. The van der Waals surface area contributed by atoms with E-state index >= 15 is 0 Å². The summed E-state index contributed by atoms with van der Waals surface area (Å²) in [5.41, 5.74) is 2.05. The number of ether oxygens (including phenoxy) is 1. The lowest BCUT2D eigenvalue weighted by molar-refractivity contribution is -0.141. The Balaban J connectivity index is 2.28. The number of esters is 1. The molecule has 0 radical (unpaired) electrons. The van der Waals surface area contributed by atoms with E-state index in [-0.39, 0.29) is 24.1 Å². The highest BCUT2D eigenvalue weighted by Crippen LogP contribution is 2.35. The van der Waals surface area contributed by atoms with Gasteiger partial charge in [0.25, 0.3) is 0 Å². The monoisotopic (exact) mass is 218 g/mol. The molecule has 2 atom stereocenters. The lowest BCUT2D eigenvalue weighted by atomic mass is 9.92. The maximum absolute atomic E-state index is 11.4. The molecule has 3 heteroatoms. The van der Waals surface area contributed by atoms with Crippen molar-refractivity contribution in [2.75, 3.05) is 0 Å². The highest BCUT2D eigenvalue weighted by atomic mass is 16.6. The van der Waals surface area contributed by atoms with Crippen LogP contribution in [0.5, 0.6) is 0 Å². The van der Waals surface area contributed by atoms with Gasteiger partial charge in [-0.3, -0.25) is 9.59 Å². The molecule has 1 fully saturated rings. The number of aryl methyl sites for hydroxylation is 1. The largest absolute Gasteiger partial charge is 0.457 e. The molecule has 0 bridgehead atoms. The smallest absolute Gasteiger partial charge is 0.307 e. The van der Waals surface area contributed by atoms with Crippen molar-refractivity contribution >= 4 is 11.8 Å². The van der Waals surface area contributed by atoms with E-state index in [1.54, 1.807) is 0 Å². The fourth-order valence-corrected chi connectivity index (χ4v) is 1.97. The van der Waals surface area contributed by atoms with Crippen molar-refractivity contribution in [3.8, 4) is 0 Å². The quantitative estimate of drug-likeness (QED) is 0.714. The van der Waals surface area contributed by atoms with Crippen LogP contribution in [0.15, 0.2) is 24.3 Å². The summed E-state index contributed by atoms with van der Waals surface area (Å²) in [6, 6.07) is 7.74. The average molecular weight is 218 g/mol. The van der Waals surface area contributed by atoms with Crippen molar-refractivity contribution < 1.29 is 14.3 Å². The second kappa shape index (κ2) is 4.08. The number of benzene rings is 1. The molecule has 0 N–H and O–H groups in total. The summed E-state index contributed by atoms with van der Waals surface area (Å²) in [7, 11) is 0. The number of Topliss-reactive ketones (excluding diaryl/α,β-unsaturated/α-hetero) is 1. The van der Waals surface area contributed by atoms with Gasteiger partial charge in [-0.2, -0.15) is 0 Å². The van der Waals surface area contributed by atoms with Crippen molar-refractivity contribution in [1.29, 1.82) is 0 Å². The van der Waals surface area contributed by atoms with Gasteiger partial charge in [0.05, 0.1) is 12.3 Å². The van der Waals surface area contributed by atoms with Gasteiger partial charge in [-0.1, -0.05) is 29.8 Å². The molecule has 0 aliphatic carbocycles. The van der Waals surface area contributed by atoms with Crippen molar-refractivity contribution in [3.63, 3.8) is 0 Å². The second-order valence-corrected chi connectivity index (χ2v) is 4.24. The summed E-state index contributed by atoms with van der Waals surface area (Å²) in [6.07, 6.45) is -0.195. The third-order valence-corrected chi connectivity index (χ3v) is 2.94. The molecule has 16 heavy (non-hydrogen) atoms. The van der Waals surface area contributed by atoms with Crippen LogP contribution in [0.1, 0.15) is 30.6 Å². The molecule has 0 aromatic heterocycles. The van der Waals surface area contributed by atoms with Gasteiger partial charge < -0.3 is 4.74 Å². The van der Waals surface area contributed by atoms with Gasteiger partial charge in [-0.15, -0.1) is 0 Å². The van der Waals surface area contributed by atoms with Gasteiger partial charge in [-0.25, -0.2) is 0 Å². The first-order valence-corrected chi connectivity index (χ1v) is 5.34. The van der Waals surface area contributed by atoms with Crippen LogP contribution in [0, 0.1) is 12.8 Å². The Morgan fingerprint density at radius 1 is 1.31 bits per heavy atom. The molecule has 1 aliphatic heterocycles. The Morgan fingerprint density at radius 3 is 2.50 bits per heavy atom. The first kappa shape index (κ1) is 10.9. The van der Waals surface area contributed by atoms with Crippen LogP contribution < -0.4 is 0 Å². The zero-order chi connectivity index (χ0) is 11.7. The number of ketones is 1. The van der Waals surface area contributed by atoms with Gasteiger partial charge in [0.15, 0.2) is 0 Å². The van der Waals surface area contributed by atoms with Crippen LogP contribution in [-0.2, 0) is 14.3 Å². The van der Waals surface area contributed by atoms with E-state index in [9.17, 15) is 9.59 Å². The predicted octanol–water partition coefficient (Wildman–Crippen LogP) is 2.19. The van der Waals surface area contributed by atoms with E-state index < -0.39 is 6.10 Å². The molecular formula is C13H14O3. The van der Waals surface area contributed by atoms with E-state index in [0.717, 1.165) is 11.1 Å². The fourth-order valence-electron chi connectivity index (χ4n) is 1.97. The molecule has 0 saturated carbocycles. The van der Waals surface area contributed by atoms with Crippen molar-refractivity contribution in [1.82, 2.24) is 0 Å². The Morgan fingerprint density at radius 2 is 1.94 bits per heavy atom. The van der Waals surface area contributed by atoms with Crippen LogP contribution in [0.25, 0.3) is 0 Å². The number of cyclic esters (lactones) is 1. The van der Waals surface area contributed by atoms with Crippen molar-refractivity contribution in [3.05, 3.63) is 35.4 Å². The normalized spacial score (nSPS) is 24.2. The summed E-state index contributed by atoms with van der Waals surface area (Å²) in [5.74, 6) is -0.600. The van der Waals surface area contributed by atoms with E-state index in [1.807, 2.05) is 31.2 Å². The van der Waals surface area contributed by atoms with Crippen LogP contribution in [-0.4, -0.2) is 11.8 Å². The summed E-state index contributed by atoms with van der Waals surface area (Å²) in [6.45, 7) is 3.50. The van der Waals surface area contributed by atoms with Crippen LogP contribution >= 0.6 is 0 Å². The van der Waals surface area contributed by atoms with Gasteiger partial charge in [0.2, 0.25) is 0 Å². The lowest BCUT2D eigenvalue weighted by Gasteiger charge is -2.15. The van der Waals surface area contributed by atoms with Crippen molar-refractivity contribution in [2.24, 2.45) is 5.92 Å². The summed E-state index contributed by atoms with van der Waals surface area (Å²) >= 11 is 0. The molecule has 1 aliphatic rings. The van der Waals surface area contributed by atoms with Crippen molar-refractivity contribution in [2.45, 2.75) is 26.4 Å². The number of hydrogen-bond acceptors (Lipinski definition) is 3. The molecule has 1 heterocycles. The molecular weight excluding hydrogens is 204 g/mol. The predicted molar refractivity (Wildman–Crippen MR) is 58.8 cm³/mol. The topological polar surface area (TPSA) is 43.4 Å². The maximum Gasteiger partial charge on any atom is 0.307 e. The van der Waals surface area contributed by atoms with Gasteiger partial charge in [-0.05, 0) is 19.4 Å². The molecule has 1 aromatic carbocycles. The highest BCUT2D eigenvalue weighted by molar-refractivity contribution is 5.86. The standard InChI is InChI=1S/C13H14O3/c1-8-3-5-10(6-4-8)13-11(9(2)14)7-12(15)16-13/h3-6,11,13H,7H2,1-2H3/t11-,13-/m0/s1. The Bertz CT molecular complexity index is 419. The average Bonchev–Trinajstić information content (AvgIpc) is 2.61. The summed E-state index contributed by atoms with van der Waals surface area (Å²) in [4.78, 5) is 22.6. The number of rotatable bonds is 2. The SMILES string of the molecule is CC(=O)[C@@H]1CC(=O)O[C@H]1c1ccc(C)cc1. The lowest BCUT2D eigenvalue weighted by Crippen LogP contribution is -2.15. The highest BCUT2D eigenvalue weighted by Gasteiger charge is 2.38. The minimum Gasteiger partial charge on any atom is -0.457 e. The number of carbonyl (C=O) groups is 2. The minimum absolute atomic E-state index is 0.0106. The maximum atomic E-state index is 11.4. The second-order valence-electron chi connectivity index (χ2n) is 4.24. The Labute approximate surface area is 94.4 Å². The zero-order valence-electron chi connectivity index (χ0n) is 9.40. The zero-order valence-corrected chi connectivity index (χ0v) is 9.40. The number of hydrogen-bond donors (Lipinski definition) is 0. The first-order chi connectivity index (χ1) is 7.58. The van der Waals surface area contributed by atoms with E-state index in [1.165, 1.54) is 6.92 Å². The molecule has 0 amide bonds. The third-order valence-electron chi connectivity index (χ3n) is 2.94. The molecule has 0 unspecified atom stereocenters. The molecule has 1 saturated heterocycles. The number of carbonyl (C=O) groups excluding carboxylic acids is 2. The third kappa shape index (κ3) is 1.98. The van der Waals surface area contributed by atoms with E-state index in [0.29, 0.717) is 0 Å². The van der Waals surface area contributed by atoms with Crippen LogP contribution in [0.4, 0.5) is 0 Å². The van der Waals surface area contributed by atoms with E-state index in [2.05, 4.69) is 0 Å². The summed E-state index contributed by atoms with van der Waals surface area (Å²) in [5, 5.41) is 0. The van der Waals surface area contributed by atoms with Gasteiger partial charge >= 0.3 is 5.97 Å². The summed E-state index contributed by atoms with van der Waals surface area (Å²) < 4.78 is 5.20. The van der Waals surface area contributed by atoms with Gasteiger partial charge in [0.1, 0.15) is 11.9 Å². The van der Waals surface area contributed by atoms with Gasteiger partial charge in [0, 0.05) is 0 Å². The molecule has 0 spiro atoms. The molecule has 2 rings (SSSR count). The Hall–Kier alpha value is -1.64. The Kier molecular flexibility index (Phi) is 2.77. The molecule has 1 aromatic rings. The van der Waals surface area contributed by atoms with Crippen LogP contribution in [0.3, 0.4) is 0 Å². The van der Waals surface area contributed by atoms with E-state index in [4.69, 9.17) is 4.74 Å². The first-order valence-electron chi connectivity index (χ1n) is 5.34. The molecule has 3 nitrogen and oxygen atoms in total.